The molecule has 8 heteroatoms. The molecule has 41 heavy (non-hydrogen) atoms. The minimum atomic E-state index is -1.09. The lowest BCUT2D eigenvalue weighted by atomic mass is 9.94. The second kappa shape index (κ2) is 9.75. The van der Waals surface area contributed by atoms with E-state index in [0.29, 0.717) is 5.06 Å². The Morgan fingerprint density at radius 3 is 1.80 bits per heavy atom. The highest BCUT2D eigenvalue weighted by Gasteiger charge is 2.43. The van der Waals surface area contributed by atoms with Gasteiger partial charge in [-0.15, -0.1) is 0 Å². The Kier molecular flexibility index (Phi) is 5.89. The number of carbonyl (C=O) groups excluding carboxylic acids is 4. The number of hydroxylamine groups is 2. The summed E-state index contributed by atoms with van der Waals surface area (Å²) in [4.78, 5) is 59.4. The molecule has 0 aromatic heterocycles. The van der Waals surface area contributed by atoms with Gasteiger partial charge in [-0.3, -0.25) is 14.5 Å². The minimum Gasteiger partial charge on any atom is -0.448 e. The highest BCUT2D eigenvalue weighted by atomic mass is 16.7. The zero-order valence-corrected chi connectivity index (χ0v) is 21.9. The molecule has 1 atom stereocenters. The first-order chi connectivity index (χ1) is 20.0. The Bertz CT molecular complexity index is 1670. The molecule has 7 rings (SSSR count). The zero-order chi connectivity index (χ0) is 28.1. The molecule has 0 fully saturated rings. The van der Waals surface area contributed by atoms with Crippen LogP contribution >= 0.6 is 0 Å². The van der Waals surface area contributed by atoms with Crippen LogP contribution < -0.4 is 0 Å². The SMILES string of the molecule is O=C(ON1C(=O)c2ccccc2C1=O)[C@H]1Cc2ccccc2CN1C(=O)OCC1c2ccccc2-c2ccccc21. The quantitative estimate of drug-likeness (QED) is 0.331. The Morgan fingerprint density at radius 2 is 1.20 bits per heavy atom. The standard InChI is InChI=1S/C33H24N2O6/c36-30-26-15-7-8-16-27(26)31(37)35(30)41-32(38)29-17-20-9-1-2-10-21(20)18-34(29)33(39)40-19-28-24-13-5-3-11-22(24)23-12-4-6-14-25(23)28/h1-16,28-29H,17-19H2/t29-/m1/s1. The fourth-order valence-corrected chi connectivity index (χ4v) is 6.00. The molecule has 0 radical (unpaired) electrons. The first-order valence-corrected chi connectivity index (χ1v) is 13.4. The molecule has 2 heterocycles. The summed E-state index contributed by atoms with van der Waals surface area (Å²) in [6.07, 6.45) is -0.520. The number of hydrogen-bond acceptors (Lipinski definition) is 6. The van der Waals surface area contributed by atoms with E-state index in [9.17, 15) is 19.2 Å². The fraction of sp³-hybridized carbons (Fsp3) is 0.152. The van der Waals surface area contributed by atoms with Gasteiger partial charge in [-0.1, -0.05) is 90.0 Å². The van der Waals surface area contributed by atoms with Crippen molar-refractivity contribution in [2.24, 2.45) is 0 Å². The summed E-state index contributed by atoms with van der Waals surface area (Å²) < 4.78 is 5.87. The normalized spacial score (nSPS) is 17.0. The lowest BCUT2D eigenvalue weighted by molar-refractivity contribution is -0.175. The van der Waals surface area contributed by atoms with Gasteiger partial charge in [-0.25, -0.2) is 9.59 Å². The second-order valence-corrected chi connectivity index (χ2v) is 10.3. The minimum absolute atomic E-state index is 0.0885. The van der Waals surface area contributed by atoms with Crippen molar-refractivity contribution in [1.29, 1.82) is 0 Å². The second-order valence-electron chi connectivity index (χ2n) is 10.3. The predicted octanol–water partition coefficient (Wildman–Crippen LogP) is 5.12. The van der Waals surface area contributed by atoms with E-state index >= 15 is 0 Å². The van der Waals surface area contributed by atoms with E-state index in [1.165, 1.54) is 17.0 Å². The van der Waals surface area contributed by atoms with E-state index in [1.54, 1.807) is 12.1 Å². The van der Waals surface area contributed by atoms with Crippen LogP contribution in [0.2, 0.25) is 0 Å². The third kappa shape index (κ3) is 4.07. The van der Waals surface area contributed by atoms with E-state index in [0.717, 1.165) is 33.4 Å². The van der Waals surface area contributed by atoms with Crippen LogP contribution in [-0.2, 0) is 27.3 Å². The van der Waals surface area contributed by atoms with Crippen molar-refractivity contribution in [3.05, 3.63) is 130 Å². The number of hydrogen-bond donors (Lipinski definition) is 0. The van der Waals surface area contributed by atoms with Gasteiger partial charge >= 0.3 is 12.1 Å². The molecule has 3 aliphatic rings. The lowest BCUT2D eigenvalue weighted by Gasteiger charge is -2.35. The number of benzene rings is 4. The molecule has 2 aliphatic heterocycles. The summed E-state index contributed by atoms with van der Waals surface area (Å²) in [6, 6.07) is 28.8. The van der Waals surface area contributed by atoms with Crippen molar-refractivity contribution in [2.45, 2.75) is 24.9 Å². The van der Waals surface area contributed by atoms with Crippen LogP contribution in [0.5, 0.6) is 0 Å². The third-order valence-corrected chi connectivity index (χ3v) is 8.03. The van der Waals surface area contributed by atoms with E-state index in [4.69, 9.17) is 9.57 Å². The summed E-state index contributed by atoms with van der Waals surface area (Å²) in [5.74, 6) is -2.47. The Balaban J connectivity index is 1.13. The maximum atomic E-state index is 13.6. The number of carbonyl (C=O) groups is 4. The molecule has 0 N–H and O–H groups in total. The van der Waals surface area contributed by atoms with Gasteiger partial charge < -0.3 is 9.57 Å². The average molecular weight is 545 g/mol. The molecule has 3 amide bonds. The molecule has 0 saturated carbocycles. The summed E-state index contributed by atoms with van der Waals surface area (Å²) >= 11 is 0. The van der Waals surface area contributed by atoms with Gasteiger partial charge in [-0.2, -0.15) is 0 Å². The molecule has 0 spiro atoms. The third-order valence-electron chi connectivity index (χ3n) is 8.03. The van der Waals surface area contributed by atoms with Crippen molar-refractivity contribution in [1.82, 2.24) is 9.96 Å². The van der Waals surface area contributed by atoms with Gasteiger partial charge in [0.15, 0.2) is 0 Å². The van der Waals surface area contributed by atoms with Crippen LogP contribution in [0.3, 0.4) is 0 Å². The molecule has 1 aliphatic carbocycles. The Hall–Kier alpha value is -5.24. The highest BCUT2D eigenvalue weighted by Crippen LogP contribution is 2.44. The van der Waals surface area contributed by atoms with Crippen molar-refractivity contribution < 1.29 is 28.8 Å². The molecule has 8 nitrogen and oxygen atoms in total. The molecular formula is C33H24N2O6. The van der Waals surface area contributed by atoms with Crippen molar-refractivity contribution in [2.75, 3.05) is 6.61 Å². The van der Waals surface area contributed by atoms with Gasteiger partial charge in [0.1, 0.15) is 12.6 Å². The first-order valence-electron chi connectivity index (χ1n) is 13.4. The van der Waals surface area contributed by atoms with Crippen molar-refractivity contribution >= 4 is 23.9 Å². The van der Waals surface area contributed by atoms with Gasteiger partial charge in [0.25, 0.3) is 11.8 Å². The number of ether oxygens (including phenoxy) is 1. The van der Waals surface area contributed by atoms with Crippen LogP contribution in [0, 0.1) is 0 Å². The molecule has 4 aromatic carbocycles. The number of nitrogens with zero attached hydrogens (tertiary/aromatic N) is 2. The molecule has 0 bridgehead atoms. The first kappa shape index (κ1) is 24.8. The van der Waals surface area contributed by atoms with Crippen molar-refractivity contribution in [3.8, 4) is 11.1 Å². The number of fused-ring (bicyclic) bond motifs is 5. The predicted molar refractivity (Wildman–Crippen MR) is 148 cm³/mol. The molecule has 4 aromatic rings. The maximum Gasteiger partial charge on any atom is 0.410 e. The molecule has 0 saturated heterocycles. The number of imide groups is 1. The number of amides is 3. The molecule has 0 unspecified atom stereocenters. The summed E-state index contributed by atoms with van der Waals surface area (Å²) in [6.45, 7) is 0.208. The maximum absolute atomic E-state index is 13.6. The van der Waals surface area contributed by atoms with Crippen LogP contribution in [0.15, 0.2) is 97.1 Å². The topological polar surface area (TPSA) is 93.2 Å². The Labute approximate surface area is 235 Å². The van der Waals surface area contributed by atoms with E-state index in [-0.39, 0.29) is 36.6 Å². The van der Waals surface area contributed by atoms with E-state index in [2.05, 4.69) is 12.1 Å². The van der Waals surface area contributed by atoms with Crippen molar-refractivity contribution in [3.63, 3.8) is 0 Å². The average Bonchev–Trinajstić information content (AvgIpc) is 3.46. The van der Waals surface area contributed by atoms with Crippen LogP contribution in [0.4, 0.5) is 4.79 Å². The monoisotopic (exact) mass is 544 g/mol. The highest BCUT2D eigenvalue weighted by molar-refractivity contribution is 6.21. The summed E-state index contributed by atoms with van der Waals surface area (Å²) in [5, 5.41) is 0.476. The zero-order valence-electron chi connectivity index (χ0n) is 21.9. The lowest BCUT2D eigenvalue weighted by Crippen LogP contribution is -2.51. The smallest absolute Gasteiger partial charge is 0.410 e. The van der Waals surface area contributed by atoms with Gasteiger partial charge in [-0.05, 0) is 45.5 Å². The van der Waals surface area contributed by atoms with E-state index in [1.807, 2.05) is 60.7 Å². The number of rotatable bonds is 4. The van der Waals surface area contributed by atoms with E-state index < -0.39 is 29.9 Å². The Morgan fingerprint density at radius 1 is 0.683 bits per heavy atom. The fourth-order valence-electron chi connectivity index (χ4n) is 6.00. The van der Waals surface area contributed by atoms with Gasteiger partial charge in [0, 0.05) is 12.3 Å². The van der Waals surface area contributed by atoms with Crippen LogP contribution in [-0.4, -0.2) is 46.5 Å². The molecule has 202 valence electrons. The van der Waals surface area contributed by atoms with Crippen LogP contribution in [0.25, 0.3) is 11.1 Å². The van der Waals surface area contributed by atoms with Crippen LogP contribution in [0.1, 0.15) is 48.9 Å². The molecular weight excluding hydrogens is 520 g/mol. The summed E-state index contributed by atoms with van der Waals surface area (Å²) in [7, 11) is 0. The summed E-state index contributed by atoms with van der Waals surface area (Å²) in [5.41, 5.74) is 6.45. The van der Waals surface area contributed by atoms with Gasteiger partial charge in [0.2, 0.25) is 0 Å². The van der Waals surface area contributed by atoms with Gasteiger partial charge in [0.05, 0.1) is 17.7 Å². The largest absolute Gasteiger partial charge is 0.448 e.